The summed E-state index contributed by atoms with van der Waals surface area (Å²) in [6.45, 7) is 4.36. The van der Waals surface area contributed by atoms with Gasteiger partial charge in [-0.15, -0.1) is 0 Å². The lowest BCUT2D eigenvalue weighted by atomic mass is 10.0. The molecule has 2 fully saturated rings. The third kappa shape index (κ3) is 4.07. The van der Waals surface area contributed by atoms with Crippen molar-refractivity contribution < 1.29 is 26.7 Å². The Morgan fingerprint density at radius 3 is 2.45 bits per heavy atom. The first-order valence-electron chi connectivity index (χ1n) is 7.25. The van der Waals surface area contributed by atoms with E-state index in [1.165, 1.54) is 0 Å². The van der Waals surface area contributed by atoms with E-state index in [2.05, 4.69) is 0 Å². The molecule has 2 saturated heterocycles. The van der Waals surface area contributed by atoms with Crippen molar-refractivity contribution in [1.29, 1.82) is 0 Å². The SMILES string of the molecule is CC(C)(C)OC(=O)N1C[C@@H](N2CCCS2(=O)=O)CC(F)(F)C1. The fraction of sp³-hybridized carbons (Fsp3) is 0.923. The predicted molar refractivity (Wildman–Crippen MR) is 76.3 cm³/mol. The van der Waals surface area contributed by atoms with E-state index in [-0.39, 0.29) is 18.8 Å². The molecular formula is C13H22F2N2O4S. The minimum Gasteiger partial charge on any atom is -0.444 e. The van der Waals surface area contributed by atoms with Crippen LogP contribution in [0, 0.1) is 0 Å². The van der Waals surface area contributed by atoms with Crippen molar-refractivity contribution in [2.24, 2.45) is 0 Å². The summed E-state index contributed by atoms with van der Waals surface area (Å²) in [6, 6.07) is -0.899. The van der Waals surface area contributed by atoms with Crippen LogP contribution in [0.3, 0.4) is 0 Å². The highest BCUT2D eigenvalue weighted by Gasteiger charge is 2.48. The number of halogens is 2. The predicted octanol–water partition coefficient (Wildman–Crippen LogP) is 1.67. The van der Waals surface area contributed by atoms with Crippen molar-refractivity contribution >= 4 is 16.1 Å². The Morgan fingerprint density at radius 2 is 1.95 bits per heavy atom. The average molecular weight is 340 g/mol. The molecule has 0 bridgehead atoms. The van der Waals surface area contributed by atoms with Crippen LogP contribution in [0.2, 0.25) is 0 Å². The van der Waals surface area contributed by atoms with Gasteiger partial charge in [0.25, 0.3) is 5.92 Å². The average Bonchev–Trinajstić information content (AvgIpc) is 2.64. The van der Waals surface area contributed by atoms with Gasteiger partial charge in [-0.1, -0.05) is 0 Å². The van der Waals surface area contributed by atoms with Gasteiger partial charge in [0.2, 0.25) is 10.0 Å². The number of carbonyl (C=O) groups is 1. The largest absolute Gasteiger partial charge is 0.444 e. The molecule has 128 valence electrons. The summed E-state index contributed by atoms with van der Waals surface area (Å²) in [4.78, 5) is 12.9. The monoisotopic (exact) mass is 340 g/mol. The molecule has 0 radical (unpaired) electrons. The summed E-state index contributed by atoms with van der Waals surface area (Å²) in [5.74, 6) is -3.15. The fourth-order valence-corrected chi connectivity index (χ4v) is 4.53. The minimum atomic E-state index is -3.50. The lowest BCUT2D eigenvalue weighted by Crippen LogP contribution is -2.57. The van der Waals surface area contributed by atoms with E-state index in [0.717, 1.165) is 9.21 Å². The van der Waals surface area contributed by atoms with E-state index < -0.39 is 46.6 Å². The number of rotatable bonds is 1. The van der Waals surface area contributed by atoms with Gasteiger partial charge in [0, 0.05) is 25.6 Å². The van der Waals surface area contributed by atoms with Crippen molar-refractivity contribution in [1.82, 2.24) is 9.21 Å². The van der Waals surface area contributed by atoms with Crippen molar-refractivity contribution in [2.75, 3.05) is 25.4 Å². The zero-order valence-corrected chi connectivity index (χ0v) is 13.8. The number of ether oxygens (including phenoxy) is 1. The maximum Gasteiger partial charge on any atom is 0.410 e. The third-order valence-corrected chi connectivity index (χ3v) is 5.58. The highest BCUT2D eigenvalue weighted by Crippen LogP contribution is 2.33. The van der Waals surface area contributed by atoms with Crippen LogP contribution in [0.4, 0.5) is 13.6 Å². The molecule has 22 heavy (non-hydrogen) atoms. The van der Waals surface area contributed by atoms with Gasteiger partial charge in [-0.3, -0.25) is 0 Å². The summed E-state index contributed by atoms with van der Waals surface area (Å²) in [5.41, 5.74) is -0.793. The number of hydrogen-bond acceptors (Lipinski definition) is 4. The molecule has 2 heterocycles. The van der Waals surface area contributed by atoms with E-state index in [4.69, 9.17) is 4.74 Å². The van der Waals surface area contributed by atoms with Crippen molar-refractivity contribution in [3.05, 3.63) is 0 Å². The molecule has 1 amide bonds. The molecule has 0 saturated carbocycles. The van der Waals surface area contributed by atoms with Crippen LogP contribution < -0.4 is 0 Å². The van der Waals surface area contributed by atoms with Crippen LogP contribution in [0.1, 0.15) is 33.6 Å². The standard InChI is InChI=1S/C13H22F2N2O4S/c1-12(2,3)21-11(18)16-8-10(7-13(14,15)9-16)17-5-4-6-22(17,19)20/h10H,4-9H2,1-3H3/t10-/m0/s1. The second kappa shape index (κ2) is 5.59. The second-order valence-corrected chi connectivity index (χ2v) is 8.90. The zero-order chi connectivity index (χ0) is 16.8. The minimum absolute atomic E-state index is 0.0263. The molecule has 9 heteroatoms. The van der Waals surface area contributed by atoms with Gasteiger partial charge in [0.05, 0.1) is 12.3 Å². The molecule has 2 rings (SSSR count). The van der Waals surface area contributed by atoms with Gasteiger partial charge >= 0.3 is 6.09 Å². The normalized spacial score (nSPS) is 28.6. The molecule has 0 spiro atoms. The number of hydrogen-bond donors (Lipinski definition) is 0. The molecule has 0 unspecified atom stereocenters. The van der Waals surface area contributed by atoms with Gasteiger partial charge in [-0.2, -0.15) is 4.31 Å². The molecular weight excluding hydrogens is 318 g/mol. The molecule has 0 aromatic carbocycles. The molecule has 0 aliphatic carbocycles. The Bertz CT molecular complexity index is 545. The topological polar surface area (TPSA) is 66.9 Å². The lowest BCUT2D eigenvalue weighted by Gasteiger charge is -2.40. The first-order chi connectivity index (χ1) is 9.90. The van der Waals surface area contributed by atoms with Gasteiger partial charge in [0.1, 0.15) is 5.60 Å². The molecule has 1 atom stereocenters. The van der Waals surface area contributed by atoms with Crippen molar-refractivity contribution in [2.45, 2.75) is 51.2 Å². The molecule has 0 N–H and O–H groups in total. The summed E-state index contributed by atoms with van der Waals surface area (Å²) >= 11 is 0. The highest BCUT2D eigenvalue weighted by atomic mass is 32.2. The van der Waals surface area contributed by atoms with Crippen LogP contribution in [0.25, 0.3) is 0 Å². The summed E-state index contributed by atoms with van der Waals surface area (Å²) in [7, 11) is -3.50. The maximum absolute atomic E-state index is 13.9. The maximum atomic E-state index is 13.9. The molecule has 6 nitrogen and oxygen atoms in total. The van der Waals surface area contributed by atoms with E-state index in [9.17, 15) is 22.0 Å². The first-order valence-corrected chi connectivity index (χ1v) is 8.86. The lowest BCUT2D eigenvalue weighted by molar-refractivity contribution is -0.0861. The molecule has 0 aromatic rings. The van der Waals surface area contributed by atoms with Crippen LogP contribution in [0.5, 0.6) is 0 Å². The second-order valence-electron chi connectivity index (χ2n) is 6.86. The summed E-state index contributed by atoms with van der Waals surface area (Å²) in [5, 5.41) is 0. The van der Waals surface area contributed by atoms with Crippen LogP contribution in [-0.4, -0.2) is 66.7 Å². The van der Waals surface area contributed by atoms with Crippen molar-refractivity contribution in [3.63, 3.8) is 0 Å². The van der Waals surface area contributed by atoms with Crippen LogP contribution in [0.15, 0.2) is 0 Å². The van der Waals surface area contributed by atoms with Crippen LogP contribution >= 0.6 is 0 Å². The van der Waals surface area contributed by atoms with Gasteiger partial charge in [0.15, 0.2) is 0 Å². The number of amides is 1. The van der Waals surface area contributed by atoms with E-state index in [1.807, 2.05) is 0 Å². The van der Waals surface area contributed by atoms with Gasteiger partial charge in [-0.05, 0) is 27.2 Å². The Kier molecular flexibility index (Phi) is 4.42. The Labute approximate surface area is 129 Å². The van der Waals surface area contributed by atoms with Gasteiger partial charge < -0.3 is 9.64 Å². The number of nitrogens with zero attached hydrogens (tertiary/aromatic N) is 2. The number of likely N-dealkylation sites (tertiary alicyclic amines) is 1. The number of alkyl halides is 2. The number of sulfonamides is 1. The highest BCUT2D eigenvalue weighted by molar-refractivity contribution is 7.89. The Hall–Kier alpha value is -0.960. The number of piperidine rings is 1. The summed E-state index contributed by atoms with van der Waals surface area (Å²) < 4.78 is 57.9. The smallest absolute Gasteiger partial charge is 0.410 e. The molecule has 0 aromatic heterocycles. The quantitative estimate of drug-likeness (QED) is 0.728. The van der Waals surface area contributed by atoms with Gasteiger partial charge in [-0.25, -0.2) is 22.0 Å². The van der Waals surface area contributed by atoms with E-state index >= 15 is 0 Å². The third-order valence-electron chi connectivity index (χ3n) is 3.58. The van der Waals surface area contributed by atoms with Crippen molar-refractivity contribution in [3.8, 4) is 0 Å². The van der Waals surface area contributed by atoms with E-state index in [1.54, 1.807) is 20.8 Å². The Balaban J connectivity index is 2.15. The van der Waals surface area contributed by atoms with E-state index in [0.29, 0.717) is 6.42 Å². The molecule has 2 aliphatic rings. The van der Waals surface area contributed by atoms with Crippen LogP contribution in [-0.2, 0) is 14.8 Å². The zero-order valence-electron chi connectivity index (χ0n) is 13.0. The molecule has 2 aliphatic heterocycles. The first kappa shape index (κ1) is 17.4. The Morgan fingerprint density at radius 1 is 1.32 bits per heavy atom. The fourth-order valence-electron chi connectivity index (χ4n) is 2.80. The number of carbonyl (C=O) groups excluding carboxylic acids is 1. The summed E-state index contributed by atoms with van der Waals surface area (Å²) in [6.07, 6.45) is -0.976.